The maximum absolute atomic E-state index is 13.0. The number of nitro groups is 1. The molecule has 1 aromatic heterocycles. The van der Waals surface area contributed by atoms with Crippen LogP contribution >= 0.6 is 0 Å². The van der Waals surface area contributed by atoms with Gasteiger partial charge < -0.3 is 9.80 Å². The second kappa shape index (κ2) is 6.46. The van der Waals surface area contributed by atoms with Gasteiger partial charge in [-0.05, 0) is 30.7 Å². The molecule has 24 heavy (non-hydrogen) atoms. The number of nitrogens with zero attached hydrogens (tertiary/aromatic N) is 5. The van der Waals surface area contributed by atoms with Gasteiger partial charge >= 0.3 is 5.69 Å². The van der Waals surface area contributed by atoms with E-state index >= 15 is 0 Å². The lowest BCUT2D eigenvalue weighted by Gasteiger charge is -2.36. The van der Waals surface area contributed by atoms with E-state index in [1.807, 2.05) is 11.8 Å². The minimum Gasteiger partial charge on any atom is -0.368 e. The number of benzene rings is 1. The van der Waals surface area contributed by atoms with Crippen LogP contribution in [-0.4, -0.2) is 40.9 Å². The number of anilines is 2. The summed E-state index contributed by atoms with van der Waals surface area (Å²) in [7, 11) is 1.74. The summed E-state index contributed by atoms with van der Waals surface area (Å²) in [6.07, 6.45) is 0.527. The summed E-state index contributed by atoms with van der Waals surface area (Å²) in [5.41, 5.74) is 1.58. The Bertz CT molecular complexity index is 736. The van der Waals surface area contributed by atoms with Crippen molar-refractivity contribution in [3.8, 4) is 0 Å². The predicted octanol–water partition coefficient (Wildman–Crippen LogP) is 2.36. The van der Waals surface area contributed by atoms with Crippen LogP contribution in [0.3, 0.4) is 0 Å². The fraction of sp³-hybridized carbons (Fsp3) is 0.438. The zero-order chi connectivity index (χ0) is 17.3. The quantitative estimate of drug-likeness (QED) is 0.635. The minimum atomic E-state index is -0.340. The first kappa shape index (κ1) is 16.2. The Morgan fingerprint density at radius 1 is 1.17 bits per heavy atom. The Morgan fingerprint density at radius 3 is 2.29 bits per heavy atom. The first-order valence-corrected chi connectivity index (χ1v) is 7.97. The molecule has 1 aromatic carbocycles. The molecule has 1 aliphatic rings. The van der Waals surface area contributed by atoms with E-state index in [1.54, 1.807) is 23.9 Å². The van der Waals surface area contributed by atoms with E-state index in [0.717, 1.165) is 18.8 Å². The van der Waals surface area contributed by atoms with Crippen LogP contribution < -0.4 is 9.80 Å². The molecule has 0 saturated carbocycles. The highest BCUT2D eigenvalue weighted by atomic mass is 19.1. The molecule has 0 radical (unpaired) electrons. The number of rotatable bonds is 4. The van der Waals surface area contributed by atoms with Gasteiger partial charge in [-0.25, -0.2) is 9.07 Å². The number of hydrogen-bond acceptors (Lipinski definition) is 5. The molecule has 0 atom stereocenters. The van der Waals surface area contributed by atoms with Gasteiger partial charge in [0.25, 0.3) is 0 Å². The summed E-state index contributed by atoms with van der Waals surface area (Å²) in [6, 6.07) is 6.40. The highest BCUT2D eigenvalue weighted by molar-refractivity contribution is 5.62. The zero-order valence-electron chi connectivity index (χ0n) is 13.8. The molecule has 0 N–H and O–H groups in total. The lowest BCUT2D eigenvalue weighted by molar-refractivity contribution is -0.384. The summed E-state index contributed by atoms with van der Waals surface area (Å²) in [4.78, 5) is 15.3. The number of aromatic nitrogens is 2. The molecular weight excluding hydrogens is 313 g/mol. The van der Waals surface area contributed by atoms with Crippen molar-refractivity contribution in [2.75, 3.05) is 36.0 Å². The van der Waals surface area contributed by atoms with Crippen LogP contribution in [0.25, 0.3) is 0 Å². The minimum absolute atomic E-state index is 0.107. The van der Waals surface area contributed by atoms with E-state index in [1.165, 1.54) is 12.1 Å². The van der Waals surface area contributed by atoms with E-state index < -0.39 is 0 Å². The Balaban J connectivity index is 1.79. The monoisotopic (exact) mass is 333 g/mol. The largest absolute Gasteiger partial charge is 0.368 e. The SMILES string of the molecule is CCc1nn(C)c(N2CCN(c3ccc(F)cc3)CC2)c1[N+](=O)[O-]. The van der Waals surface area contributed by atoms with Crippen LogP contribution in [0.4, 0.5) is 21.6 Å². The Hall–Kier alpha value is -2.64. The third-order valence-corrected chi connectivity index (χ3v) is 4.35. The lowest BCUT2D eigenvalue weighted by atomic mass is 10.2. The van der Waals surface area contributed by atoms with Crippen molar-refractivity contribution in [3.05, 3.63) is 45.9 Å². The van der Waals surface area contributed by atoms with Crippen LogP contribution in [0.15, 0.2) is 24.3 Å². The maximum atomic E-state index is 13.0. The van der Waals surface area contributed by atoms with Crippen molar-refractivity contribution in [3.63, 3.8) is 0 Å². The average molecular weight is 333 g/mol. The second-order valence-electron chi connectivity index (χ2n) is 5.80. The van der Waals surface area contributed by atoms with Crippen LogP contribution in [-0.2, 0) is 13.5 Å². The maximum Gasteiger partial charge on any atom is 0.334 e. The summed E-state index contributed by atoms with van der Waals surface area (Å²) in [6.45, 7) is 4.61. The van der Waals surface area contributed by atoms with Crippen LogP contribution in [0.5, 0.6) is 0 Å². The van der Waals surface area contributed by atoms with Gasteiger partial charge in [0.1, 0.15) is 11.5 Å². The van der Waals surface area contributed by atoms with Crippen LogP contribution in [0, 0.1) is 15.9 Å². The summed E-state index contributed by atoms with van der Waals surface area (Å²) in [5, 5.41) is 15.7. The molecule has 0 unspecified atom stereocenters. The molecule has 2 aromatic rings. The first-order chi connectivity index (χ1) is 11.5. The Labute approximate surface area is 139 Å². The fourth-order valence-electron chi connectivity index (χ4n) is 3.17. The Morgan fingerprint density at radius 2 is 1.75 bits per heavy atom. The molecule has 1 aliphatic heterocycles. The van der Waals surface area contributed by atoms with Crippen molar-refractivity contribution in [1.82, 2.24) is 9.78 Å². The molecule has 0 spiro atoms. The van der Waals surface area contributed by atoms with Crippen molar-refractivity contribution in [1.29, 1.82) is 0 Å². The molecule has 3 rings (SSSR count). The highest BCUT2D eigenvalue weighted by Crippen LogP contribution is 2.32. The third kappa shape index (κ3) is 2.91. The molecular formula is C16H20FN5O2. The van der Waals surface area contributed by atoms with E-state index in [-0.39, 0.29) is 16.4 Å². The van der Waals surface area contributed by atoms with Crippen molar-refractivity contribution in [2.45, 2.75) is 13.3 Å². The van der Waals surface area contributed by atoms with Crippen LogP contribution in [0.2, 0.25) is 0 Å². The number of aryl methyl sites for hydroxylation is 2. The molecule has 128 valence electrons. The van der Waals surface area contributed by atoms with Gasteiger partial charge in [-0.15, -0.1) is 0 Å². The highest BCUT2D eigenvalue weighted by Gasteiger charge is 2.31. The van der Waals surface area contributed by atoms with E-state index in [9.17, 15) is 14.5 Å². The number of halogens is 1. The molecule has 1 saturated heterocycles. The standard InChI is InChI=1S/C16H20FN5O2/c1-3-14-15(22(23)24)16(19(2)18-14)21-10-8-20(9-11-21)13-6-4-12(17)5-7-13/h4-7H,3,8-11H2,1-2H3. The van der Waals surface area contributed by atoms with E-state index in [2.05, 4.69) is 10.00 Å². The van der Waals surface area contributed by atoms with E-state index in [0.29, 0.717) is 31.0 Å². The lowest BCUT2D eigenvalue weighted by Crippen LogP contribution is -2.47. The topological polar surface area (TPSA) is 67.4 Å². The molecule has 2 heterocycles. The number of hydrogen-bond donors (Lipinski definition) is 0. The van der Waals surface area contributed by atoms with Gasteiger partial charge in [-0.3, -0.25) is 10.1 Å². The summed E-state index contributed by atoms with van der Waals surface area (Å²) >= 11 is 0. The normalized spacial score (nSPS) is 15.0. The second-order valence-corrected chi connectivity index (χ2v) is 5.80. The molecule has 8 heteroatoms. The van der Waals surface area contributed by atoms with Gasteiger partial charge in [0.05, 0.1) is 4.92 Å². The average Bonchev–Trinajstić information content (AvgIpc) is 2.92. The number of piperazine rings is 1. The van der Waals surface area contributed by atoms with Gasteiger partial charge in [0.15, 0.2) is 0 Å². The molecule has 0 amide bonds. The molecule has 1 fully saturated rings. The van der Waals surface area contributed by atoms with Crippen molar-refractivity contribution >= 4 is 17.2 Å². The van der Waals surface area contributed by atoms with E-state index in [4.69, 9.17) is 0 Å². The Kier molecular flexibility index (Phi) is 4.37. The molecule has 0 bridgehead atoms. The smallest absolute Gasteiger partial charge is 0.334 e. The van der Waals surface area contributed by atoms with Gasteiger partial charge in [0, 0.05) is 38.9 Å². The van der Waals surface area contributed by atoms with Crippen molar-refractivity contribution in [2.24, 2.45) is 7.05 Å². The predicted molar refractivity (Wildman–Crippen MR) is 90.1 cm³/mol. The first-order valence-electron chi connectivity index (χ1n) is 7.97. The zero-order valence-corrected chi connectivity index (χ0v) is 13.8. The van der Waals surface area contributed by atoms with Crippen LogP contribution in [0.1, 0.15) is 12.6 Å². The van der Waals surface area contributed by atoms with Crippen molar-refractivity contribution < 1.29 is 9.31 Å². The van der Waals surface area contributed by atoms with Gasteiger partial charge in [-0.2, -0.15) is 5.10 Å². The van der Waals surface area contributed by atoms with Gasteiger partial charge in [0.2, 0.25) is 5.82 Å². The third-order valence-electron chi connectivity index (χ3n) is 4.35. The summed E-state index contributed by atoms with van der Waals surface area (Å²) < 4.78 is 14.6. The summed E-state index contributed by atoms with van der Waals surface area (Å²) in [5.74, 6) is 0.311. The molecule has 7 nitrogen and oxygen atoms in total. The fourth-order valence-corrected chi connectivity index (χ4v) is 3.17. The molecule has 0 aliphatic carbocycles. The van der Waals surface area contributed by atoms with Gasteiger partial charge in [-0.1, -0.05) is 6.92 Å².